The monoisotopic (exact) mass is 292 g/mol. The van der Waals surface area contributed by atoms with E-state index in [9.17, 15) is 0 Å². The van der Waals surface area contributed by atoms with Gasteiger partial charge in [0.1, 0.15) is 0 Å². The van der Waals surface area contributed by atoms with Crippen molar-refractivity contribution in [3.63, 3.8) is 0 Å². The van der Waals surface area contributed by atoms with Crippen LogP contribution in [0.4, 0.5) is 0 Å². The van der Waals surface area contributed by atoms with Gasteiger partial charge in [0.05, 0.1) is 19.8 Å². The summed E-state index contributed by atoms with van der Waals surface area (Å²) in [6.45, 7) is 9.35. The van der Waals surface area contributed by atoms with E-state index in [0.29, 0.717) is 19.8 Å². The van der Waals surface area contributed by atoms with Crippen LogP contribution in [0.2, 0.25) is 0 Å². The quantitative estimate of drug-likeness (QED) is 0.740. The lowest BCUT2D eigenvalue weighted by atomic mass is 9.87. The minimum atomic E-state index is -0.0200. The largest absolute Gasteiger partial charge is 0.374 e. The van der Waals surface area contributed by atoms with Gasteiger partial charge in [0.15, 0.2) is 6.29 Å². The summed E-state index contributed by atoms with van der Waals surface area (Å²) < 4.78 is 16.8. The molecule has 1 aromatic rings. The second-order valence-corrected chi connectivity index (χ2v) is 6.67. The van der Waals surface area contributed by atoms with Crippen LogP contribution in [0.15, 0.2) is 24.3 Å². The van der Waals surface area contributed by atoms with E-state index >= 15 is 0 Å². The van der Waals surface area contributed by atoms with Crippen LogP contribution in [-0.2, 0) is 26.2 Å². The normalized spacial score (nSPS) is 19.7. The molecule has 1 atom stereocenters. The van der Waals surface area contributed by atoms with E-state index in [4.69, 9.17) is 14.2 Å². The first kappa shape index (κ1) is 16.5. The van der Waals surface area contributed by atoms with Gasteiger partial charge in [-0.05, 0) is 35.8 Å². The number of hydrogen-bond acceptors (Lipinski definition) is 3. The van der Waals surface area contributed by atoms with Crippen LogP contribution in [0.3, 0.4) is 0 Å². The van der Waals surface area contributed by atoms with Crippen LogP contribution in [0, 0.1) is 0 Å². The molecule has 1 saturated heterocycles. The first-order chi connectivity index (χ1) is 10.1. The van der Waals surface area contributed by atoms with Gasteiger partial charge >= 0.3 is 0 Å². The standard InChI is InChI=1S/C18H28O3/c1-18(2,3)16-9-7-15(8-10-16)14-19-12-13-21-17-6-4-5-11-20-17/h7-10,17H,4-6,11-14H2,1-3H3. The summed E-state index contributed by atoms with van der Waals surface area (Å²) in [6, 6.07) is 8.66. The van der Waals surface area contributed by atoms with Crippen molar-refractivity contribution < 1.29 is 14.2 Å². The second kappa shape index (κ2) is 7.92. The number of rotatable bonds is 6. The lowest BCUT2D eigenvalue weighted by molar-refractivity contribution is -0.169. The van der Waals surface area contributed by atoms with E-state index in [2.05, 4.69) is 45.0 Å². The molecule has 3 heteroatoms. The summed E-state index contributed by atoms with van der Waals surface area (Å²) >= 11 is 0. The van der Waals surface area contributed by atoms with Crippen molar-refractivity contribution in [2.45, 2.75) is 58.3 Å². The highest BCUT2D eigenvalue weighted by Gasteiger charge is 2.14. The molecule has 118 valence electrons. The van der Waals surface area contributed by atoms with E-state index < -0.39 is 0 Å². The molecule has 2 rings (SSSR count). The van der Waals surface area contributed by atoms with E-state index in [1.807, 2.05) is 0 Å². The minimum absolute atomic E-state index is 0.0200. The van der Waals surface area contributed by atoms with Crippen LogP contribution < -0.4 is 0 Å². The average molecular weight is 292 g/mol. The molecule has 1 unspecified atom stereocenters. The molecule has 3 nitrogen and oxygen atoms in total. The number of hydrogen-bond donors (Lipinski definition) is 0. The van der Waals surface area contributed by atoms with E-state index in [1.165, 1.54) is 17.5 Å². The van der Waals surface area contributed by atoms with Crippen molar-refractivity contribution >= 4 is 0 Å². The zero-order valence-electron chi connectivity index (χ0n) is 13.6. The summed E-state index contributed by atoms with van der Waals surface area (Å²) in [6.07, 6.45) is 3.34. The highest BCUT2D eigenvalue weighted by atomic mass is 16.7. The molecule has 21 heavy (non-hydrogen) atoms. The van der Waals surface area contributed by atoms with Gasteiger partial charge in [0, 0.05) is 6.61 Å². The highest BCUT2D eigenvalue weighted by molar-refractivity contribution is 5.27. The fourth-order valence-corrected chi connectivity index (χ4v) is 2.37. The van der Waals surface area contributed by atoms with E-state index in [0.717, 1.165) is 19.4 Å². The molecular weight excluding hydrogens is 264 g/mol. The Morgan fingerprint density at radius 2 is 1.86 bits per heavy atom. The summed E-state index contributed by atoms with van der Waals surface area (Å²) in [5, 5.41) is 0. The zero-order chi connectivity index (χ0) is 15.1. The predicted molar refractivity (Wildman–Crippen MR) is 84.3 cm³/mol. The van der Waals surface area contributed by atoms with Gasteiger partial charge in [-0.1, -0.05) is 45.0 Å². The van der Waals surface area contributed by atoms with Crippen molar-refractivity contribution in [3.05, 3.63) is 35.4 Å². The second-order valence-electron chi connectivity index (χ2n) is 6.67. The third kappa shape index (κ3) is 5.77. The SMILES string of the molecule is CC(C)(C)c1ccc(COCCOC2CCCCO2)cc1. The van der Waals surface area contributed by atoms with Crippen LogP contribution >= 0.6 is 0 Å². The minimum Gasteiger partial charge on any atom is -0.374 e. The Balaban J connectivity index is 1.62. The van der Waals surface area contributed by atoms with Crippen molar-refractivity contribution in [3.8, 4) is 0 Å². The third-order valence-corrected chi connectivity index (χ3v) is 3.76. The van der Waals surface area contributed by atoms with Gasteiger partial charge in [0.2, 0.25) is 0 Å². The van der Waals surface area contributed by atoms with Gasteiger partial charge < -0.3 is 14.2 Å². The Morgan fingerprint density at radius 1 is 1.10 bits per heavy atom. The van der Waals surface area contributed by atoms with E-state index in [1.54, 1.807) is 0 Å². The Hall–Kier alpha value is -0.900. The fraction of sp³-hybridized carbons (Fsp3) is 0.667. The van der Waals surface area contributed by atoms with Crippen molar-refractivity contribution in [1.82, 2.24) is 0 Å². The Kier molecular flexibility index (Phi) is 6.22. The van der Waals surface area contributed by atoms with Gasteiger partial charge in [0.25, 0.3) is 0 Å². The molecule has 0 bridgehead atoms. The summed E-state index contributed by atoms with van der Waals surface area (Å²) in [5.74, 6) is 0. The Bertz CT molecular complexity index is 399. The molecule has 0 amide bonds. The molecule has 0 aliphatic carbocycles. The Labute approximate surface area is 128 Å². The van der Waals surface area contributed by atoms with Crippen molar-refractivity contribution in [1.29, 1.82) is 0 Å². The molecule has 1 fully saturated rings. The van der Waals surface area contributed by atoms with Crippen LogP contribution in [-0.4, -0.2) is 26.1 Å². The molecule has 0 N–H and O–H groups in total. The average Bonchev–Trinajstić information content (AvgIpc) is 2.47. The smallest absolute Gasteiger partial charge is 0.157 e. The zero-order valence-corrected chi connectivity index (χ0v) is 13.6. The highest BCUT2D eigenvalue weighted by Crippen LogP contribution is 2.22. The first-order valence-corrected chi connectivity index (χ1v) is 7.96. The molecule has 1 aromatic carbocycles. The maximum absolute atomic E-state index is 5.66. The molecule has 0 aromatic heterocycles. The van der Waals surface area contributed by atoms with Gasteiger partial charge in [-0.15, -0.1) is 0 Å². The van der Waals surface area contributed by atoms with Crippen LogP contribution in [0.5, 0.6) is 0 Å². The van der Waals surface area contributed by atoms with Gasteiger partial charge in [-0.3, -0.25) is 0 Å². The molecule has 0 spiro atoms. The van der Waals surface area contributed by atoms with Crippen LogP contribution in [0.25, 0.3) is 0 Å². The summed E-state index contributed by atoms with van der Waals surface area (Å²) in [4.78, 5) is 0. The van der Waals surface area contributed by atoms with E-state index in [-0.39, 0.29) is 11.7 Å². The topological polar surface area (TPSA) is 27.7 Å². The molecule has 0 saturated carbocycles. The lowest BCUT2D eigenvalue weighted by Gasteiger charge is -2.22. The molecule has 1 aliphatic heterocycles. The van der Waals surface area contributed by atoms with Crippen molar-refractivity contribution in [2.75, 3.05) is 19.8 Å². The maximum atomic E-state index is 5.66. The summed E-state index contributed by atoms with van der Waals surface area (Å²) in [5.41, 5.74) is 2.76. The van der Waals surface area contributed by atoms with Crippen molar-refractivity contribution in [2.24, 2.45) is 0 Å². The fourth-order valence-electron chi connectivity index (χ4n) is 2.37. The van der Waals surface area contributed by atoms with Gasteiger partial charge in [-0.25, -0.2) is 0 Å². The predicted octanol–water partition coefficient (Wildman–Crippen LogP) is 4.04. The molecule has 1 aliphatic rings. The summed E-state index contributed by atoms with van der Waals surface area (Å²) in [7, 11) is 0. The molecule has 0 radical (unpaired) electrons. The third-order valence-electron chi connectivity index (χ3n) is 3.76. The molecular formula is C18H28O3. The first-order valence-electron chi connectivity index (χ1n) is 7.96. The lowest BCUT2D eigenvalue weighted by Crippen LogP contribution is -2.23. The maximum Gasteiger partial charge on any atom is 0.157 e. The Morgan fingerprint density at radius 3 is 2.48 bits per heavy atom. The molecule has 1 heterocycles. The number of ether oxygens (including phenoxy) is 3. The van der Waals surface area contributed by atoms with Gasteiger partial charge in [-0.2, -0.15) is 0 Å². The van der Waals surface area contributed by atoms with Crippen LogP contribution in [0.1, 0.15) is 51.2 Å². The number of benzene rings is 1.